The van der Waals surface area contributed by atoms with Crippen LogP contribution in [0, 0.1) is 13.8 Å². The van der Waals surface area contributed by atoms with E-state index in [4.69, 9.17) is 0 Å². The second kappa shape index (κ2) is 8.72. The summed E-state index contributed by atoms with van der Waals surface area (Å²) < 4.78 is 27.9. The molecule has 1 fully saturated rings. The van der Waals surface area contributed by atoms with Crippen molar-refractivity contribution < 1.29 is 13.2 Å². The zero-order valence-corrected chi connectivity index (χ0v) is 19.1. The highest BCUT2D eigenvalue weighted by molar-refractivity contribution is 7.92. The maximum atomic E-state index is 13.0. The Hall–Kier alpha value is -2.84. The molecule has 162 valence electrons. The van der Waals surface area contributed by atoms with E-state index < -0.39 is 10.0 Å². The van der Waals surface area contributed by atoms with Crippen LogP contribution in [0.4, 0.5) is 17.1 Å². The topological polar surface area (TPSA) is 78.5 Å². The fraction of sp³-hybridized carbons (Fsp3) is 0.261. The molecule has 2 aromatic carbocycles. The van der Waals surface area contributed by atoms with E-state index in [0.717, 1.165) is 24.3 Å². The van der Waals surface area contributed by atoms with E-state index >= 15 is 0 Å². The number of nitrogens with zero attached hydrogens (tertiary/aromatic N) is 1. The number of hydrogen-bond donors (Lipinski definition) is 2. The summed E-state index contributed by atoms with van der Waals surface area (Å²) in [6, 6.07) is 13.6. The van der Waals surface area contributed by atoms with Crippen molar-refractivity contribution in [1.29, 1.82) is 0 Å². The van der Waals surface area contributed by atoms with Crippen molar-refractivity contribution in [1.82, 2.24) is 0 Å². The largest absolute Gasteiger partial charge is 0.371 e. The quantitative estimate of drug-likeness (QED) is 0.547. The number of amides is 1. The van der Waals surface area contributed by atoms with Gasteiger partial charge in [0, 0.05) is 24.5 Å². The summed E-state index contributed by atoms with van der Waals surface area (Å²) in [5, 5.41) is 4.68. The maximum Gasteiger partial charge on any atom is 0.267 e. The van der Waals surface area contributed by atoms with Gasteiger partial charge in [-0.05, 0) is 67.5 Å². The van der Waals surface area contributed by atoms with E-state index in [1.165, 1.54) is 47.6 Å². The molecular weight excluding hydrogens is 430 g/mol. The number of rotatable bonds is 6. The van der Waals surface area contributed by atoms with Crippen LogP contribution in [-0.2, 0) is 10.0 Å². The first-order chi connectivity index (χ1) is 14.9. The van der Waals surface area contributed by atoms with Crippen molar-refractivity contribution in [2.45, 2.75) is 31.6 Å². The van der Waals surface area contributed by atoms with Crippen molar-refractivity contribution in [3.05, 3.63) is 69.9 Å². The van der Waals surface area contributed by atoms with Gasteiger partial charge in [-0.15, -0.1) is 11.3 Å². The Balaban J connectivity index is 1.57. The van der Waals surface area contributed by atoms with Crippen molar-refractivity contribution in [2.24, 2.45) is 0 Å². The van der Waals surface area contributed by atoms with Crippen LogP contribution in [0.1, 0.15) is 33.6 Å². The number of thiophene rings is 1. The zero-order chi connectivity index (χ0) is 22.0. The third-order valence-corrected chi connectivity index (χ3v) is 7.77. The van der Waals surface area contributed by atoms with Gasteiger partial charge in [-0.25, -0.2) is 8.42 Å². The van der Waals surface area contributed by atoms with E-state index in [1.807, 2.05) is 19.1 Å². The second-order valence-corrected chi connectivity index (χ2v) is 10.2. The average molecular weight is 456 g/mol. The summed E-state index contributed by atoms with van der Waals surface area (Å²) >= 11 is 1.20. The van der Waals surface area contributed by atoms with Gasteiger partial charge in [-0.1, -0.05) is 24.3 Å². The fourth-order valence-electron chi connectivity index (χ4n) is 3.95. The molecule has 0 atom stereocenters. The molecule has 0 bridgehead atoms. The summed E-state index contributed by atoms with van der Waals surface area (Å²) in [6.45, 7) is 6.15. The fourth-order valence-corrected chi connectivity index (χ4v) is 5.85. The van der Waals surface area contributed by atoms with Crippen LogP contribution in [0.15, 0.2) is 58.8 Å². The molecule has 2 heterocycles. The molecule has 1 aliphatic rings. The van der Waals surface area contributed by atoms with Crippen LogP contribution in [0.25, 0.3) is 0 Å². The lowest BCUT2D eigenvalue weighted by molar-refractivity contribution is 0.103. The summed E-state index contributed by atoms with van der Waals surface area (Å²) in [4.78, 5) is 15.9. The van der Waals surface area contributed by atoms with Gasteiger partial charge >= 0.3 is 0 Å². The minimum absolute atomic E-state index is 0.150. The van der Waals surface area contributed by atoms with Gasteiger partial charge < -0.3 is 10.2 Å². The highest BCUT2D eigenvalue weighted by Gasteiger charge is 2.22. The monoisotopic (exact) mass is 455 g/mol. The normalized spacial score (nSPS) is 13.9. The van der Waals surface area contributed by atoms with E-state index in [9.17, 15) is 13.2 Å². The maximum absolute atomic E-state index is 13.0. The first kappa shape index (κ1) is 21.4. The summed E-state index contributed by atoms with van der Waals surface area (Å²) in [7, 11) is -3.77. The number of sulfonamides is 1. The molecule has 31 heavy (non-hydrogen) atoms. The Bertz CT molecular complexity index is 1200. The standard InChI is InChI=1S/C23H25N3O3S2/c1-16-10-11-19(17(2)21(16)26-13-6-7-14-26)24-23(27)22-20(12-15-30-22)25-31(28,29)18-8-4-3-5-9-18/h3-5,8-12,15,25H,6-7,13-14H2,1-2H3,(H,24,27). The van der Waals surface area contributed by atoms with Gasteiger partial charge in [0.15, 0.2) is 0 Å². The van der Waals surface area contributed by atoms with Crippen LogP contribution in [-0.4, -0.2) is 27.4 Å². The minimum atomic E-state index is -3.77. The Morgan fingerprint density at radius 1 is 0.968 bits per heavy atom. The second-order valence-electron chi connectivity index (χ2n) is 7.63. The van der Waals surface area contributed by atoms with Crippen LogP contribution in [0.2, 0.25) is 0 Å². The Labute approximate surface area is 187 Å². The molecule has 0 aliphatic carbocycles. The van der Waals surface area contributed by atoms with Gasteiger partial charge in [0.1, 0.15) is 4.88 Å². The predicted molar refractivity (Wildman–Crippen MR) is 127 cm³/mol. The number of aryl methyl sites for hydroxylation is 1. The third-order valence-electron chi connectivity index (χ3n) is 5.47. The molecule has 1 saturated heterocycles. The number of carbonyl (C=O) groups excluding carboxylic acids is 1. The summed E-state index contributed by atoms with van der Waals surface area (Å²) in [6.07, 6.45) is 2.35. The molecule has 1 aromatic heterocycles. The molecule has 1 aliphatic heterocycles. The number of anilines is 3. The van der Waals surface area contributed by atoms with E-state index in [-0.39, 0.29) is 16.5 Å². The lowest BCUT2D eigenvalue weighted by Gasteiger charge is -2.24. The molecule has 0 unspecified atom stereocenters. The number of hydrogen-bond acceptors (Lipinski definition) is 5. The van der Waals surface area contributed by atoms with Crippen LogP contribution >= 0.6 is 11.3 Å². The summed E-state index contributed by atoms with van der Waals surface area (Å²) in [5.74, 6) is -0.333. The highest BCUT2D eigenvalue weighted by Crippen LogP contribution is 2.34. The van der Waals surface area contributed by atoms with Gasteiger partial charge in [-0.2, -0.15) is 0 Å². The molecule has 0 spiro atoms. The Kier molecular flexibility index (Phi) is 6.02. The molecule has 0 saturated carbocycles. The number of nitrogens with one attached hydrogen (secondary N) is 2. The van der Waals surface area contributed by atoms with Crippen molar-refractivity contribution in [3.63, 3.8) is 0 Å². The smallest absolute Gasteiger partial charge is 0.267 e. The lowest BCUT2D eigenvalue weighted by Crippen LogP contribution is -2.21. The van der Waals surface area contributed by atoms with Crippen LogP contribution in [0.3, 0.4) is 0 Å². The molecular formula is C23H25N3O3S2. The van der Waals surface area contributed by atoms with Crippen molar-refractivity contribution in [2.75, 3.05) is 28.0 Å². The third kappa shape index (κ3) is 4.45. The van der Waals surface area contributed by atoms with E-state index in [1.54, 1.807) is 29.6 Å². The van der Waals surface area contributed by atoms with Gasteiger partial charge in [0.05, 0.1) is 10.6 Å². The zero-order valence-electron chi connectivity index (χ0n) is 17.5. The van der Waals surface area contributed by atoms with E-state index in [2.05, 4.69) is 21.9 Å². The molecule has 1 amide bonds. The molecule has 2 N–H and O–H groups in total. The first-order valence-electron chi connectivity index (χ1n) is 10.2. The molecule has 3 aromatic rings. The lowest BCUT2D eigenvalue weighted by atomic mass is 10.1. The number of benzene rings is 2. The van der Waals surface area contributed by atoms with Gasteiger partial charge in [0.2, 0.25) is 0 Å². The minimum Gasteiger partial charge on any atom is -0.371 e. The predicted octanol–water partition coefficient (Wildman–Crippen LogP) is 5.02. The molecule has 0 radical (unpaired) electrons. The average Bonchev–Trinajstić information content (AvgIpc) is 3.43. The van der Waals surface area contributed by atoms with Crippen LogP contribution in [0.5, 0.6) is 0 Å². The van der Waals surface area contributed by atoms with Crippen molar-refractivity contribution in [3.8, 4) is 0 Å². The van der Waals surface area contributed by atoms with Gasteiger partial charge in [0.25, 0.3) is 15.9 Å². The van der Waals surface area contributed by atoms with Crippen molar-refractivity contribution >= 4 is 44.3 Å². The van der Waals surface area contributed by atoms with Gasteiger partial charge in [-0.3, -0.25) is 9.52 Å². The Morgan fingerprint density at radius 3 is 2.39 bits per heavy atom. The highest BCUT2D eigenvalue weighted by atomic mass is 32.2. The molecule has 8 heteroatoms. The number of carbonyl (C=O) groups is 1. The summed E-state index contributed by atoms with van der Waals surface area (Å²) in [5.41, 5.74) is 4.40. The van der Waals surface area contributed by atoms with Crippen LogP contribution < -0.4 is 14.9 Å². The van der Waals surface area contributed by atoms with E-state index in [0.29, 0.717) is 4.88 Å². The Morgan fingerprint density at radius 2 is 1.68 bits per heavy atom. The first-order valence-corrected chi connectivity index (χ1v) is 12.5. The SMILES string of the molecule is Cc1ccc(NC(=O)c2sccc2NS(=O)(=O)c2ccccc2)c(C)c1N1CCCC1. The molecule has 6 nitrogen and oxygen atoms in total. The molecule has 4 rings (SSSR count).